The average Bonchev–Trinajstić information content (AvgIpc) is 3.23. The molecular weight excluding hydrogens is 504 g/mol. The maximum absolute atomic E-state index is 13.2. The Morgan fingerprint density at radius 3 is 2.11 bits per heavy atom. The standard InChI is InChI=1S/C23H30N6O9/c1-10(30)19(23(37)38)29-22(36)16(8-18(32)33)28-21(35)15(27-20(34)13(24)7-17(25)31)6-11-9-26-14-5-3-2-4-12(11)14/h2-5,9-10,13,15-16,19,26,30H,6-8,24H2,1H3,(H2,25,31)(H,27,34)(H,28,35)(H,29,36)(H,32,33)(H,37,38). The number of aliphatic carboxylic acids is 2. The van der Waals surface area contributed by atoms with Gasteiger partial charge in [0.25, 0.3) is 0 Å². The number of primary amides is 1. The molecule has 2 rings (SSSR count). The fourth-order valence-electron chi connectivity index (χ4n) is 3.62. The number of carbonyl (C=O) groups excluding carboxylic acids is 4. The molecule has 0 aliphatic rings. The molecule has 0 radical (unpaired) electrons. The van der Waals surface area contributed by atoms with Crippen molar-refractivity contribution in [3.8, 4) is 0 Å². The Morgan fingerprint density at radius 1 is 0.921 bits per heavy atom. The number of aliphatic hydroxyl groups excluding tert-OH is 1. The molecule has 0 fully saturated rings. The predicted molar refractivity (Wildman–Crippen MR) is 131 cm³/mol. The van der Waals surface area contributed by atoms with Gasteiger partial charge in [-0.2, -0.15) is 0 Å². The quantitative estimate of drug-likeness (QED) is 0.121. The minimum absolute atomic E-state index is 0.127. The number of fused-ring (bicyclic) bond motifs is 1. The van der Waals surface area contributed by atoms with Crippen LogP contribution in [0.5, 0.6) is 0 Å². The molecule has 4 amide bonds. The molecule has 0 aliphatic heterocycles. The second-order valence-corrected chi connectivity index (χ2v) is 8.63. The van der Waals surface area contributed by atoms with Crippen molar-refractivity contribution in [2.45, 2.75) is 56.5 Å². The minimum atomic E-state index is -1.77. The number of H-pyrrole nitrogens is 1. The summed E-state index contributed by atoms with van der Waals surface area (Å²) in [4.78, 5) is 75.3. The summed E-state index contributed by atoms with van der Waals surface area (Å²) < 4.78 is 0. The van der Waals surface area contributed by atoms with Crippen LogP contribution in [0.15, 0.2) is 30.5 Å². The van der Waals surface area contributed by atoms with Gasteiger partial charge in [0.1, 0.15) is 12.1 Å². The van der Waals surface area contributed by atoms with Gasteiger partial charge in [0.05, 0.1) is 25.0 Å². The van der Waals surface area contributed by atoms with Gasteiger partial charge in [-0.3, -0.25) is 24.0 Å². The summed E-state index contributed by atoms with van der Waals surface area (Å²) in [5, 5.41) is 35.4. The molecule has 0 saturated carbocycles. The van der Waals surface area contributed by atoms with Gasteiger partial charge in [-0.05, 0) is 18.6 Å². The van der Waals surface area contributed by atoms with Gasteiger partial charge < -0.3 is 47.7 Å². The SMILES string of the molecule is CC(O)C(NC(=O)C(CC(=O)O)NC(=O)C(Cc1c[nH]c2ccccc12)NC(=O)C(N)CC(N)=O)C(=O)O. The summed E-state index contributed by atoms with van der Waals surface area (Å²) in [5.41, 5.74) is 12.1. The van der Waals surface area contributed by atoms with Crippen molar-refractivity contribution in [2.24, 2.45) is 11.5 Å². The smallest absolute Gasteiger partial charge is 0.328 e. The van der Waals surface area contributed by atoms with E-state index in [0.29, 0.717) is 5.56 Å². The monoisotopic (exact) mass is 534 g/mol. The van der Waals surface area contributed by atoms with Crippen LogP contribution in [0.3, 0.4) is 0 Å². The molecular formula is C23H30N6O9. The molecule has 1 heterocycles. The topological polar surface area (TPSA) is 267 Å². The summed E-state index contributed by atoms with van der Waals surface area (Å²) >= 11 is 0. The van der Waals surface area contributed by atoms with Crippen LogP contribution in [0.4, 0.5) is 0 Å². The molecule has 5 atom stereocenters. The fraction of sp³-hybridized carbons (Fsp3) is 0.391. The zero-order valence-corrected chi connectivity index (χ0v) is 20.3. The maximum Gasteiger partial charge on any atom is 0.328 e. The molecule has 1 aromatic heterocycles. The molecule has 5 unspecified atom stereocenters. The van der Waals surface area contributed by atoms with E-state index in [-0.39, 0.29) is 6.42 Å². The van der Waals surface area contributed by atoms with E-state index in [4.69, 9.17) is 11.5 Å². The normalized spacial score (nSPS) is 14.9. The summed E-state index contributed by atoms with van der Waals surface area (Å²) in [6.07, 6.45) is -1.50. The van der Waals surface area contributed by atoms with Gasteiger partial charge in [0.15, 0.2) is 6.04 Å². The Kier molecular flexibility index (Phi) is 10.3. The number of hydrogen-bond donors (Lipinski definition) is 9. The van der Waals surface area contributed by atoms with Crippen LogP contribution in [0.2, 0.25) is 0 Å². The number of nitrogens with two attached hydrogens (primary N) is 2. The number of rotatable bonds is 14. The predicted octanol–water partition coefficient (Wildman–Crippen LogP) is -2.69. The third kappa shape index (κ3) is 8.28. The number of aromatic nitrogens is 1. The fourth-order valence-corrected chi connectivity index (χ4v) is 3.62. The Hall–Kier alpha value is -4.50. The van der Waals surface area contributed by atoms with Crippen LogP contribution in [0, 0.1) is 0 Å². The highest BCUT2D eigenvalue weighted by Crippen LogP contribution is 2.19. The first-order valence-electron chi connectivity index (χ1n) is 11.4. The van der Waals surface area contributed by atoms with E-state index >= 15 is 0 Å². The van der Waals surface area contributed by atoms with Crippen LogP contribution in [0.1, 0.15) is 25.3 Å². The molecule has 0 aliphatic carbocycles. The number of nitrogens with one attached hydrogen (secondary N) is 4. The number of carboxylic acid groups (broad SMARTS) is 2. The van der Waals surface area contributed by atoms with Gasteiger partial charge in [-0.25, -0.2) is 4.79 Å². The first-order valence-corrected chi connectivity index (χ1v) is 11.4. The van der Waals surface area contributed by atoms with Crippen LogP contribution in [0.25, 0.3) is 10.9 Å². The number of aliphatic hydroxyl groups is 1. The summed E-state index contributed by atoms with van der Waals surface area (Å²) in [7, 11) is 0. The zero-order chi connectivity index (χ0) is 28.6. The number of benzene rings is 1. The van der Waals surface area contributed by atoms with E-state index in [1.165, 1.54) is 0 Å². The van der Waals surface area contributed by atoms with E-state index in [2.05, 4.69) is 15.6 Å². The van der Waals surface area contributed by atoms with E-state index in [1.807, 2.05) is 5.32 Å². The Labute approximate surface area is 215 Å². The third-order valence-corrected chi connectivity index (χ3v) is 5.55. The molecule has 15 nitrogen and oxygen atoms in total. The van der Waals surface area contributed by atoms with E-state index < -0.39 is 78.7 Å². The van der Waals surface area contributed by atoms with Crippen molar-refractivity contribution in [1.82, 2.24) is 20.9 Å². The summed E-state index contributed by atoms with van der Waals surface area (Å²) in [6.45, 7) is 1.10. The highest BCUT2D eigenvalue weighted by molar-refractivity contribution is 5.96. The number of para-hydroxylation sites is 1. The van der Waals surface area contributed by atoms with Gasteiger partial charge in [0.2, 0.25) is 23.6 Å². The third-order valence-electron chi connectivity index (χ3n) is 5.55. The van der Waals surface area contributed by atoms with E-state index in [9.17, 15) is 44.1 Å². The molecule has 0 saturated heterocycles. The average molecular weight is 535 g/mol. The number of hydrogen-bond acceptors (Lipinski definition) is 8. The highest BCUT2D eigenvalue weighted by atomic mass is 16.4. The second kappa shape index (κ2) is 13.2. The van der Waals surface area contributed by atoms with Gasteiger partial charge in [0, 0.05) is 23.5 Å². The molecule has 0 spiro atoms. The van der Waals surface area contributed by atoms with Crippen LogP contribution >= 0.6 is 0 Å². The summed E-state index contributed by atoms with van der Waals surface area (Å²) in [5.74, 6) is -6.99. The van der Waals surface area contributed by atoms with Crippen LogP contribution in [-0.4, -0.2) is 86.1 Å². The second-order valence-electron chi connectivity index (χ2n) is 8.63. The van der Waals surface area contributed by atoms with Crippen molar-refractivity contribution in [3.05, 3.63) is 36.0 Å². The van der Waals surface area contributed by atoms with E-state index in [0.717, 1.165) is 17.8 Å². The lowest BCUT2D eigenvalue weighted by atomic mass is 10.0. The molecule has 0 bridgehead atoms. The number of carbonyl (C=O) groups is 6. The Bertz CT molecular complexity index is 1210. The van der Waals surface area contributed by atoms with Crippen LogP contribution < -0.4 is 27.4 Å². The van der Waals surface area contributed by atoms with Crippen molar-refractivity contribution in [3.63, 3.8) is 0 Å². The summed E-state index contributed by atoms with van der Waals surface area (Å²) in [6, 6.07) is 0.770. The number of carboxylic acids is 2. The molecule has 15 heteroatoms. The minimum Gasteiger partial charge on any atom is -0.481 e. The maximum atomic E-state index is 13.2. The number of aromatic amines is 1. The molecule has 11 N–H and O–H groups in total. The first kappa shape index (κ1) is 29.7. The zero-order valence-electron chi connectivity index (χ0n) is 20.3. The van der Waals surface area contributed by atoms with Crippen molar-refractivity contribution < 1.29 is 44.1 Å². The molecule has 38 heavy (non-hydrogen) atoms. The lowest BCUT2D eigenvalue weighted by Crippen LogP contribution is -2.59. The number of amides is 4. The van der Waals surface area contributed by atoms with Gasteiger partial charge >= 0.3 is 11.9 Å². The van der Waals surface area contributed by atoms with Gasteiger partial charge in [-0.15, -0.1) is 0 Å². The van der Waals surface area contributed by atoms with Gasteiger partial charge in [-0.1, -0.05) is 18.2 Å². The van der Waals surface area contributed by atoms with E-state index in [1.54, 1.807) is 30.5 Å². The lowest BCUT2D eigenvalue weighted by Gasteiger charge is -2.25. The van der Waals surface area contributed by atoms with Crippen molar-refractivity contribution in [2.75, 3.05) is 0 Å². The van der Waals surface area contributed by atoms with Crippen LogP contribution in [-0.2, 0) is 35.2 Å². The lowest BCUT2D eigenvalue weighted by molar-refractivity contribution is -0.146. The van der Waals surface area contributed by atoms with Crippen molar-refractivity contribution >= 4 is 46.5 Å². The molecule has 1 aromatic carbocycles. The van der Waals surface area contributed by atoms with Crippen molar-refractivity contribution in [1.29, 1.82) is 0 Å². The first-order chi connectivity index (χ1) is 17.8. The Balaban J connectivity index is 2.32. The highest BCUT2D eigenvalue weighted by Gasteiger charge is 2.33. The Morgan fingerprint density at radius 2 is 1.53 bits per heavy atom. The largest absolute Gasteiger partial charge is 0.481 e. The molecule has 2 aromatic rings. The molecule has 206 valence electrons.